The highest BCUT2D eigenvalue weighted by Crippen LogP contribution is 2.15. The lowest BCUT2D eigenvalue weighted by molar-refractivity contribution is 0.0533. The van der Waals surface area contributed by atoms with Crippen LogP contribution >= 0.6 is 11.3 Å². The Bertz CT molecular complexity index is 259. The highest BCUT2D eigenvalue weighted by Gasteiger charge is 2.12. The van der Waals surface area contributed by atoms with E-state index in [1.54, 1.807) is 6.92 Å². The molecule has 0 aliphatic carbocycles. The monoisotopic (exact) mass is 171 g/mol. The second kappa shape index (κ2) is 3.34. The van der Waals surface area contributed by atoms with E-state index in [2.05, 4.69) is 10.5 Å². The van der Waals surface area contributed by atoms with E-state index in [0.717, 1.165) is 11.3 Å². The maximum Gasteiger partial charge on any atom is 0.352 e. The maximum atomic E-state index is 11.0. The molecule has 0 spiro atoms. The number of esters is 1. The molecule has 2 N–H and O–H groups in total. The van der Waals surface area contributed by atoms with E-state index >= 15 is 0 Å². The average molecular weight is 171 g/mol. The lowest BCUT2D eigenvalue weighted by atomic mass is 10.5. The van der Waals surface area contributed by atoms with Crippen LogP contribution in [0, 0.1) is 5.51 Å². The molecule has 11 heavy (non-hydrogen) atoms. The van der Waals surface area contributed by atoms with Gasteiger partial charge in [0.1, 0.15) is 5.82 Å². The lowest BCUT2D eigenvalue weighted by Gasteiger charge is -1.97. The highest BCUT2D eigenvalue weighted by atomic mass is 32.1. The Labute approximate surface area is 68.0 Å². The fourth-order valence-corrected chi connectivity index (χ4v) is 1.09. The number of nitrogens with two attached hydrogens (primary N) is 1. The summed E-state index contributed by atoms with van der Waals surface area (Å²) in [6, 6.07) is 0. The van der Waals surface area contributed by atoms with Crippen molar-refractivity contribution in [1.82, 2.24) is 4.98 Å². The van der Waals surface area contributed by atoms with Crippen molar-refractivity contribution in [2.24, 2.45) is 0 Å². The van der Waals surface area contributed by atoms with E-state index in [-0.39, 0.29) is 5.82 Å². The van der Waals surface area contributed by atoms with Crippen LogP contribution in [-0.2, 0) is 4.74 Å². The average Bonchev–Trinajstić information content (AvgIpc) is 2.36. The Hall–Kier alpha value is -1.10. The van der Waals surface area contributed by atoms with Crippen LogP contribution in [0.5, 0.6) is 0 Å². The molecule has 0 unspecified atom stereocenters. The standard InChI is InChI=1S/C6H7N2O2S/c1-2-10-6(9)4-5(7)8-3-11-4/h2,7H2,1H3. The van der Waals surface area contributed by atoms with E-state index in [0.29, 0.717) is 11.5 Å². The summed E-state index contributed by atoms with van der Waals surface area (Å²) in [4.78, 5) is 14.9. The number of hydrogen-bond donors (Lipinski definition) is 1. The highest BCUT2D eigenvalue weighted by molar-refractivity contribution is 7.11. The van der Waals surface area contributed by atoms with Gasteiger partial charge in [0.2, 0.25) is 0 Å². The number of nitrogens with zero attached hydrogens (tertiary/aromatic N) is 1. The van der Waals surface area contributed by atoms with Crippen LogP contribution in [0.25, 0.3) is 0 Å². The quantitative estimate of drug-likeness (QED) is 0.665. The molecule has 0 aliphatic rings. The molecule has 0 bridgehead atoms. The lowest BCUT2D eigenvalue weighted by Crippen LogP contribution is -2.05. The van der Waals surface area contributed by atoms with Gasteiger partial charge >= 0.3 is 5.97 Å². The third kappa shape index (κ3) is 1.68. The van der Waals surface area contributed by atoms with Crippen molar-refractivity contribution in [1.29, 1.82) is 0 Å². The van der Waals surface area contributed by atoms with Gasteiger partial charge in [0.25, 0.3) is 0 Å². The number of aromatic nitrogens is 1. The topological polar surface area (TPSA) is 65.2 Å². The zero-order chi connectivity index (χ0) is 8.27. The molecule has 0 amide bonds. The third-order valence-electron chi connectivity index (χ3n) is 1.01. The van der Waals surface area contributed by atoms with Crippen LogP contribution in [0.2, 0.25) is 0 Å². The van der Waals surface area contributed by atoms with Crippen molar-refractivity contribution in [2.75, 3.05) is 12.3 Å². The first-order valence-corrected chi connectivity index (χ1v) is 3.86. The normalized spacial score (nSPS) is 9.55. The number of thiazole rings is 1. The van der Waals surface area contributed by atoms with Gasteiger partial charge < -0.3 is 10.5 Å². The molecule has 0 aromatic carbocycles. The van der Waals surface area contributed by atoms with Crippen molar-refractivity contribution in [2.45, 2.75) is 6.92 Å². The summed E-state index contributed by atoms with van der Waals surface area (Å²) in [5.41, 5.74) is 7.84. The number of nitrogen functional groups attached to an aromatic ring is 1. The third-order valence-corrected chi connectivity index (χ3v) is 1.77. The molecule has 1 rings (SSSR count). The SMILES string of the molecule is CCOC(=O)c1s[c]nc1N. The first-order valence-electron chi connectivity index (χ1n) is 3.05. The minimum absolute atomic E-state index is 0.188. The molecular weight excluding hydrogens is 164 g/mol. The molecule has 5 heteroatoms. The van der Waals surface area contributed by atoms with Gasteiger partial charge in [-0.3, -0.25) is 0 Å². The minimum Gasteiger partial charge on any atom is -0.462 e. The van der Waals surface area contributed by atoms with Crippen molar-refractivity contribution in [3.05, 3.63) is 10.4 Å². The molecule has 0 atom stereocenters. The summed E-state index contributed by atoms with van der Waals surface area (Å²) >= 11 is 1.06. The van der Waals surface area contributed by atoms with Crippen LogP contribution < -0.4 is 5.73 Å². The van der Waals surface area contributed by atoms with Gasteiger partial charge in [-0.15, -0.1) is 11.3 Å². The largest absolute Gasteiger partial charge is 0.462 e. The van der Waals surface area contributed by atoms with E-state index in [9.17, 15) is 4.79 Å². The number of carbonyl (C=O) groups is 1. The molecule has 0 saturated carbocycles. The van der Waals surface area contributed by atoms with Gasteiger partial charge in [-0.2, -0.15) is 0 Å². The fraction of sp³-hybridized carbons (Fsp3) is 0.333. The summed E-state index contributed by atoms with van der Waals surface area (Å²) in [7, 11) is 0. The first kappa shape index (κ1) is 8.00. The summed E-state index contributed by atoms with van der Waals surface area (Å²) in [6.45, 7) is 2.08. The van der Waals surface area contributed by atoms with Gasteiger partial charge in [-0.1, -0.05) is 0 Å². The Morgan fingerprint density at radius 1 is 1.91 bits per heavy atom. The van der Waals surface area contributed by atoms with Crippen molar-refractivity contribution < 1.29 is 9.53 Å². The van der Waals surface area contributed by atoms with Crippen molar-refractivity contribution in [3.63, 3.8) is 0 Å². The molecule has 59 valence electrons. The number of anilines is 1. The Kier molecular flexibility index (Phi) is 2.43. The molecule has 1 radical (unpaired) electrons. The van der Waals surface area contributed by atoms with Gasteiger partial charge in [0.05, 0.1) is 6.61 Å². The van der Waals surface area contributed by atoms with E-state index in [1.165, 1.54) is 0 Å². The van der Waals surface area contributed by atoms with Crippen molar-refractivity contribution >= 4 is 23.1 Å². The smallest absolute Gasteiger partial charge is 0.352 e. The van der Waals surface area contributed by atoms with E-state index < -0.39 is 5.97 Å². The molecule has 4 nitrogen and oxygen atoms in total. The van der Waals surface area contributed by atoms with Crippen molar-refractivity contribution in [3.8, 4) is 0 Å². The zero-order valence-electron chi connectivity index (χ0n) is 5.96. The molecule has 0 aliphatic heterocycles. The maximum absolute atomic E-state index is 11.0. The fourth-order valence-electron chi connectivity index (χ4n) is 0.564. The first-order chi connectivity index (χ1) is 5.25. The van der Waals surface area contributed by atoms with Gasteiger partial charge in [0, 0.05) is 0 Å². The zero-order valence-corrected chi connectivity index (χ0v) is 6.77. The Balaban J connectivity index is 2.76. The second-order valence-electron chi connectivity index (χ2n) is 1.74. The molecule has 1 aromatic heterocycles. The van der Waals surface area contributed by atoms with Crippen LogP contribution in [-0.4, -0.2) is 17.6 Å². The predicted molar refractivity (Wildman–Crippen MR) is 41.3 cm³/mol. The number of ether oxygens (including phenoxy) is 1. The predicted octanol–water partition coefficient (Wildman–Crippen LogP) is 0.702. The summed E-state index contributed by atoms with van der Waals surface area (Å²) < 4.78 is 4.70. The number of carbonyl (C=O) groups excluding carboxylic acids is 1. The molecule has 0 saturated heterocycles. The second-order valence-corrected chi connectivity index (χ2v) is 2.53. The molecule has 1 heterocycles. The van der Waals surface area contributed by atoms with Crippen LogP contribution in [0.4, 0.5) is 5.82 Å². The summed E-state index contributed by atoms with van der Waals surface area (Å²) in [6.07, 6.45) is 0. The minimum atomic E-state index is -0.427. The van der Waals surface area contributed by atoms with E-state index in [4.69, 9.17) is 10.5 Å². The van der Waals surface area contributed by atoms with Gasteiger partial charge in [0.15, 0.2) is 10.4 Å². The molecule has 0 fully saturated rings. The van der Waals surface area contributed by atoms with Crippen LogP contribution in [0.15, 0.2) is 0 Å². The van der Waals surface area contributed by atoms with Gasteiger partial charge in [-0.05, 0) is 6.92 Å². The van der Waals surface area contributed by atoms with Crippen LogP contribution in [0.1, 0.15) is 16.6 Å². The Morgan fingerprint density at radius 2 is 2.64 bits per heavy atom. The van der Waals surface area contributed by atoms with Gasteiger partial charge in [-0.25, -0.2) is 9.78 Å². The summed E-state index contributed by atoms with van der Waals surface area (Å²) in [5, 5.41) is 0. The number of rotatable bonds is 2. The summed E-state index contributed by atoms with van der Waals surface area (Å²) in [5.74, 6) is -0.239. The van der Waals surface area contributed by atoms with E-state index in [1.807, 2.05) is 0 Å². The van der Waals surface area contributed by atoms with Crippen LogP contribution in [0.3, 0.4) is 0 Å². The molecular formula is C6H7N2O2S. The molecule has 1 aromatic rings. The number of hydrogen-bond acceptors (Lipinski definition) is 5. The Morgan fingerprint density at radius 3 is 3.09 bits per heavy atom.